The second-order valence-corrected chi connectivity index (χ2v) is 13.3. The molecule has 108 valence electrons. The molecule has 2 rings (SSSR count). The van der Waals surface area contributed by atoms with Gasteiger partial charge in [0, 0.05) is 17.5 Å². The number of nitrogens with zero attached hydrogens (tertiary/aromatic N) is 1. The van der Waals surface area contributed by atoms with Gasteiger partial charge in [0.05, 0.1) is 12.8 Å². The molecule has 20 heavy (non-hydrogen) atoms. The van der Waals surface area contributed by atoms with E-state index >= 15 is 0 Å². The van der Waals surface area contributed by atoms with Gasteiger partial charge in [0.15, 0.2) is 0 Å². The van der Waals surface area contributed by atoms with Crippen molar-refractivity contribution in [2.24, 2.45) is 0 Å². The van der Waals surface area contributed by atoms with Crippen LogP contribution in [-0.2, 0) is 6.54 Å². The summed E-state index contributed by atoms with van der Waals surface area (Å²) in [6, 6.07) is 3.91. The number of hydrogen-bond acceptors (Lipinski definition) is 4. The lowest BCUT2D eigenvalue weighted by Crippen LogP contribution is -2.24. The quantitative estimate of drug-likeness (QED) is 0.465. The predicted molar refractivity (Wildman–Crippen MR) is 96.7 cm³/mol. The highest BCUT2D eigenvalue weighted by atomic mass is 32.2. The van der Waals surface area contributed by atoms with Crippen molar-refractivity contribution in [1.29, 1.82) is 0 Å². The summed E-state index contributed by atoms with van der Waals surface area (Å²) in [4.78, 5) is 2.22. The van der Waals surface area contributed by atoms with Gasteiger partial charge in [-0.25, -0.2) is 0 Å². The molecule has 0 saturated carbocycles. The van der Waals surface area contributed by atoms with Gasteiger partial charge in [-0.1, -0.05) is 55.4 Å². The molecule has 0 aromatic carbocycles. The van der Waals surface area contributed by atoms with Crippen LogP contribution in [0.2, 0.25) is 19.6 Å². The molecule has 0 amide bonds. The van der Waals surface area contributed by atoms with Crippen LogP contribution in [0.5, 0.6) is 0 Å². The first-order chi connectivity index (χ1) is 9.44. The van der Waals surface area contributed by atoms with Crippen molar-refractivity contribution in [3.63, 3.8) is 0 Å². The van der Waals surface area contributed by atoms with Crippen LogP contribution in [0.25, 0.3) is 0 Å². The number of thiocarbonyl (C=S) groups is 1. The Morgan fingerprint density at radius 1 is 1.55 bits per heavy atom. The minimum atomic E-state index is -1.24. The molecule has 1 fully saturated rings. The molecule has 6 heteroatoms. The third-order valence-electron chi connectivity index (χ3n) is 2.64. The molecular weight excluding hydrogens is 322 g/mol. The van der Waals surface area contributed by atoms with Gasteiger partial charge in [-0.05, 0) is 17.4 Å². The van der Waals surface area contributed by atoms with Gasteiger partial charge < -0.3 is 9.32 Å². The second kappa shape index (κ2) is 7.08. The third kappa shape index (κ3) is 5.21. The molecule has 1 aromatic heterocycles. The average molecular weight is 342 g/mol. The molecule has 1 aliphatic heterocycles. The number of thioether (sulfide) groups is 2. The Morgan fingerprint density at radius 3 is 3.00 bits per heavy atom. The van der Waals surface area contributed by atoms with Gasteiger partial charge >= 0.3 is 0 Å². The van der Waals surface area contributed by atoms with Crippen LogP contribution in [0, 0.1) is 10.8 Å². The fraction of sp³-hybridized carbons (Fsp3) is 0.500. The van der Waals surface area contributed by atoms with Crippen molar-refractivity contribution in [2.45, 2.75) is 31.4 Å². The molecule has 1 atom stereocenters. The maximum Gasteiger partial charge on any atom is 0.137 e. The Kier molecular flexibility index (Phi) is 5.67. The van der Waals surface area contributed by atoms with Gasteiger partial charge in [-0.3, -0.25) is 0 Å². The van der Waals surface area contributed by atoms with Gasteiger partial charge in [-0.15, -0.1) is 5.54 Å². The van der Waals surface area contributed by atoms with E-state index in [9.17, 15) is 0 Å². The zero-order valence-electron chi connectivity index (χ0n) is 12.0. The van der Waals surface area contributed by atoms with Gasteiger partial charge in [0.25, 0.3) is 0 Å². The minimum absolute atomic E-state index is 0.540. The normalized spacial score (nSPS) is 19.1. The van der Waals surface area contributed by atoms with Gasteiger partial charge in [-0.2, -0.15) is 0 Å². The lowest BCUT2D eigenvalue weighted by molar-refractivity contribution is 0.382. The summed E-state index contributed by atoms with van der Waals surface area (Å²) in [7, 11) is -1.24. The lowest BCUT2D eigenvalue weighted by Gasteiger charge is -2.15. The molecule has 1 aromatic rings. The number of hydrogen-bond donors (Lipinski definition) is 0. The molecule has 0 bridgehead atoms. The lowest BCUT2D eigenvalue weighted by atomic mass is 10.4. The van der Waals surface area contributed by atoms with Crippen LogP contribution in [-0.4, -0.2) is 34.8 Å². The van der Waals surface area contributed by atoms with Crippen LogP contribution in [0.4, 0.5) is 0 Å². The zero-order valence-corrected chi connectivity index (χ0v) is 15.5. The number of furan rings is 1. The highest BCUT2D eigenvalue weighted by Crippen LogP contribution is 2.29. The molecular formula is C14H19NOS3Si. The van der Waals surface area contributed by atoms with E-state index in [2.05, 4.69) is 35.3 Å². The minimum Gasteiger partial charge on any atom is -0.467 e. The van der Waals surface area contributed by atoms with E-state index in [0.29, 0.717) is 5.25 Å². The van der Waals surface area contributed by atoms with E-state index < -0.39 is 8.07 Å². The van der Waals surface area contributed by atoms with E-state index in [0.717, 1.165) is 28.9 Å². The molecule has 0 spiro atoms. The Labute approximate surface area is 136 Å². The van der Waals surface area contributed by atoms with Crippen molar-refractivity contribution < 1.29 is 4.42 Å². The second-order valence-electron chi connectivity index (χ2n) is 5.75. The fourth-order valence-electron chi connectivity index (χ4n) is 1.70. The largest absolute Gasteiger partial charge is 0.467 e. The Bertz CT molecular complexity index is 513. The third-order valence-corrected chi connectivity index (χ3v) is 6.38. The van der Waals surface area contributed by atoms with E-state index in [1.807, 2.05) is 12.1 Å². The van der Waals surface area contributed by atoms with Crippen molar-refractivity contribution >= 4 is 48.1 Å². The Balaban J connectivity index is 1.78. The molecule has 2 nitrogen and oxygen atoms in total. The maximum absolute atomic E-state index is 5.44. The molecule has 1 saturated heterocycles. The highest BCUT2D eigenvalue weighted by molar-refractivity contribution is 8.24. The first-order valence-electron chi connectivity index (χ1n) is 6.56. The smallest absolute Gasteiger partial charge is 0.137 e. The summed E-state index contributed by atoms with van der Waals surface area (Å²) >= 11 is 8.96. The summed E-state index contributed by atoms with van der Waals surface area (Å²) in [5.41, 5.74) is 3.39. The van der Waals surface area contributed by atoms with Crippen molar-refractivity contribution in [2.75, 3.05) is 12.3 Å². The first-order valence-corrected chi connectivity index (χ1v) is 12.3. The van der Waals surface area contributed by atoms with Crippen molar-refractivity contribution in [3.05, 3.63) is 24.2 Å². The monoisotopic (exact) mass is 341 g/mol. The summed E-state index contributed by atoms with van der Waals surface area (Å²) in [6.07, 6.45) is 1.71. The summed E-state index contributed by atoms with van der Waals surface area (Å²) in [5, 5.41) is 3.80. The van der Waals surface area contributed by atoms with Crippen molar-refractivity contribution in [3.8, 4) is 10.8 Å². The molecule has 0 aliphatic carbocycles. The molecule has 1 aliphatic rings. The summed E-state index contributed by atoms with van der Waals surface area (Å²) in [5.74, 6) is 2.01. The molecule has 0 radical (unpaired) electrons. The summed E-state index contributed by atoms with van der Waals surface area (Å²) in [6.45, 7) is 8.58. The number of rotatable bonds is 4. The molecule has 2 heterocycles. The predicted octanol–water partition coefficient (Wildman–Crippen LogP) is 4.05. The first kappa shape index (κ1) is 16.0. The van der Waals surface area contributed by atoms with Crippen LogP contribution in [0.3, 0.4) is 0 Å². The van der Waals surface area contributed by atoms with E-state index in [1.54, 1.807) is 29.8 Å². The maximum atomic E-state index is 5.44. The van der Waals surface area contributed by atoms with Crippen molar-refractivity contribution in [1.82, 2.24) is 4.90 Å². The van der Waals surface area contributed by atoms with Crippen LogP contribution >= 0.6 is 35.7 Å². The average Bonchev–Trinajstić information content (AvgIpc) is 2.95. The van der Waals surface area contributed by atoms with Gasteiger partial charge in [0.2, 0.25) is 0 Å². The Morgan fingerprint density at radius 2 is 2.35 bits per heavy atom. The summed E-state index contributed by atoms with van der Waals surface area (Å²) < 4.78 is 6.36. The van der Waals surface area contributed by atoms with Crippen LogP contribution < -0.4 is 0 Å². The van der Waals surface area contributed by atoms with Crippen LogP contribution in [0.15, 0.2) is 22.8 Å². The topological polar surface area (TPSA) is 16.4 Å². The molecule has 0 N–H and O–H groups in total. The SMILES string of the molecule is C[Si](C)(C)C#CSCC1CN(Cc2ccco2)C(=S)S1. The zero-order chi connectivity index (χ0) is 14.6. The van der Waals surface area contributed by atoms with Crippen LogP contribution in [0.1, 0.15) is 5.76 Å². The van der Waals surface area contributed by atoms with E-state index in [4.69, 9.17) is 16.6 Å². The molecule has 1 unspecified atom stereocenters. The van der Waals surface area contributed by atoms with Gasteiger partial charge in [0.1, 0.15) is 18.2 Å². The van der Waals surface area contributed by atoms with E-state index in [1.165, 1.54) is 0 Å². The van der Waals surface area contributed by atoms with E-state index in [-0.39, 0.29) is 0 Å². The highest BCUT2D eigenvalue weighted by Gasteiger charge is 2.27. The Hall–Kier alpha value is -0.353. The standard InChI is InChI=1S/C14H19NOS3Si/c1-20(2,3)8-7-18-11-13-10-15(14(17)19-13)9-12-5-4-6-16-12/h4-6,13H,9-11H2,1-3H3. The fourth-order valence-corrected chi connectivity index (χ4v) is 5.44.